The van der Waals surface area contributed by atoms with E-state index in [9.17, 15) is 0 Å². The van der Waals surface area contributed by atoms with Crippen molar-refractivity contribution in [2.24, 2.45) is 17.8 Å². The van der Waals surface area contributed by atoms with Crippen molar-refractivity contribution in [3.05, 3.63) is 35.4 Å². The van der Waals surface area contributed by atoms with E-state index in [1.54, 1.807) is 11.1 Å². The molecule has 3 fully saturated rings. The first-order chi connectivity index (χ1) is 10.9. The molecule has 5 rings (SSSR count). The summed E-state index contributed by atoms with van der Waals surface area (Å²) in [7, 11) is 0. The fourth-order valence-electron chi connectivity index (χ4n) is 6.13. The molecule has 0 bridgehead atoms. The number of hydrogen-bond acceptors (Lipinski definition) is 2. The molecule has 22 heavy (non-hydrogen) atoms. The highest BCUT2D eigenvalue weighted by atomic mass is 32.2. The topological polar surface area (TPSA) is 0 Å². The lowest BCUT2D eigenvalue weighted by Gasteiger charge is -2.56. The minimum atomic E-state index is 0.580. The minimum Gasteiger partial charge on any atom is -0.143 e. The normalized spacial score (nSPS) is 39.1. The summed E-state index contributed by atoms with van der Waals surface area (Å²) in [5.41, 5.74) is 3.40. The standard InChI is InChI=1S/C20H26S2/c1-2-6-15-14(5-1)9-10-16-17-7-3-4-8-19(17)20(13-18(15)16)21-11-12-22-20/h1-2,5-6,16-19H,3-4,7-13H2. The van der Waals surface area contributed by atoms with E-state index in [2.05, 4.69) is 47.8 Å². The molecule has 1 aliphatic heterocycles. The molecule has 1 heterocycles. The van der Waals surface area contributed by atoms with Gasteiger partial charge in [0.2, 0.25) is 0 Å². The SMILES string of the molecule is c1ccc2c(c1)CCC1C2CC2(SCCS2)C2CCCCC12. The Morgan fingerprint density at radius 1 is 0.909 bits per heavy atom. The Balaban J connectivity index is 1.58. The molecule has 1 saturated heterocycles. The molecule has 2 saturated carbocycles. The highest BCUT2D eigenvalue weighted by molar-refractivity contribution is 8.21. The van der Waals surface area contributed by atoms with Crippen LogP contribution in [0.15, 0.2) is 24.3 Å². The minimum absolute atomic E-state index is 0.580. The molecule has 4 atom stereocenters. The van der Waals surface area contributed by atoms with Crippen molar-refractivity contribution < 1.29 is 0 Å². The first kappa shape index (κ1) is 14.3. The number of benzene rings is 1. The van der Waals surface area contributed by atoms with Crippen LogP contribution in [0.4, 0.5) is 0 Å². The Kier molecular flexibility index (Phi) is 3.56. The molecule has 118 valence electrons. The maximum absolute atomic E-state index is 2.47. The maximum Gasteiger partial charge on any atom is 0.0648 e. The van der Waals surface area contributed by atoms with Gasteiger partial charge in [0.25, 0.3) is 0 Å². The summed E-state index contributed by atoms with van der Waals surface area (Å²) < 4.78 is 0.580. The summed E-state index contributed by atoms with van der Waals surface area (Å²) in [6, 6.07) is 9.41. The van der Waals surface area contributed by atoms with Crippen LogP contribution in [0.2, 0.25) is 0 Å². The Labute approximate surface area is 143 Å². The summed E-state index contributed by atoms with van der Waals surface area (Å²) in [6.45, 7) is 0. The Morgan fingerprint density at radius 3 is 2.64 bits per heavy atom. The predicted molar refractivity (Wildman–Crippen MR) is 98.7 cm³/mol. The summed E-state index contributed by atoms with van der Waals surface area (Å²) in [5.74, 6) is 6.69. The van der Waals surface area contributed by atoms with Gasteiger partial charge in [0.1, 0.15) is 0 Å². The van der Waals surface area contributed by atoms with E-state index in [1.807, 2.05) is 0 Å². The van der Waals surface area contributed by atoms with Gasteiger partial charge in [-0.3, -0.25) is 0 Å². The third-order valence-corrected chi connectivity index (χ3v) is 10.6. The van der Waals surface area contributed by atoms with E-state index < -0.39 is 0 Å². The van der Waals surface area contributed by atoms with Gasteiger partial charge < -0.3 is 0 Å². The van der Waals surface area contributed by atoms with Crippen molar-refractivity contribution in [2.75, 3.05) is 11.5 Å². The van der Waals surface area contributed by atoms with Crippen LogP contribution in [-0.2, 0) is 6.42 Å². The molecule has 0 nitrogen and oxygen atoms in total. The van der Waals surface area contributed by atoms with Crippen LogP contribution in [-0.4, -0.2) is 15.6 Å². The third-order valence-electron chi connectivity index (χ3n) is 6.93. The number of aryl methyl sites for hydroxylation is 1. The second-order valence-corrected chi connectivity index (χ2v) is 10.9. The number of hydrogen-bond donors (Lipinski definition) is 0. The summed E-state index contributed by atoms with van der Waals surface area (Å²) in [5, 5.41) is 0. The molecule has 0 radical (unpaired) electrons. The molecular weight excluding hydrogens is 304 g/mol. The lowest BCUT2D eigenvalue weighted by atomic mass is 9.56. The van der Waals surface area contributed by atoms with Crippen LogP contribution in [0, 0.1) is 17.8 Å². The van der Waals surface area contributed by atoms with Crippen molar-refractivity contribution >= 4 is 23.5 Å². The molecule has 3 aliphatic carbocycles. The zero-order chi connectivity index (χ0) is 14.6. The van der Waals surface area contributed by atoms with Crippen molar-refractivity contribution in [2.45, 2.75) is 54.9 Å². The second kappa shape index (κ2) is 5.48. The van der Waals surface area contributed by atoms with Gasteiger partial charge in [-0.25, -0.2) is 0 Å². The van der Waals surface area contributed by atoms with Gasteiger partial charge in [-0.2, -0.15) is 0 Å². The fourth-order valence-corrected chi connectivity index (χ4v) is 9.93. The molecule has 0 aromatic heterocycles. The molecule has 1 aromatic carbocycles. The maximum atomic E-state index is 2.47. The summed E-state index contributed by atoms with van der Waals surface area (Å²) in [4.78, 5) is 0. The molecule has 4 aliphatic rings. The fraction of sp³-hybridized carbons (Fsp3) is 0.700. The largest absolute Gasteiger partial charge is 0.143 e. The van der Waals surface area contributed by atoms with Gasteiger partial charge >= 0.3 is 0 Å². The molecule has 0 amide bonds. The first-order valence-corrected chi connectivity index (χ1v) is 11.2. The first-order valence-electron chi connectivity index (χ1n) is 9.23. The molecule has 2 heteroatoms. The zero-order valence-electron chi connectivity index (χ0n) is 13.3. The van der Waals surface area contributed by atoms with Gasteiger partial charge in [0.05, 0.1) is 4.08 Å². The summed E-state index contributed by atoms with van der Waals surface area (Å²) >= 11 is 4.69. The molecule has 4 unspecified atom stereocenters. The third kappa shape index (κ3) is 2.05. The summed E-state index contributed by atoms with van der Waals surface area (Å²) in [6.07, 6.45) is 10.3. The van der Waals surface area contributed by atoms with Crippen molar-refractivity contribution in [3.8, 4) is 0 Å². The smallest absolute Gasteiger partial charge is 0.0648 e. The average molecular weight is 331 g/mol. The van der Waals surface area contributed by atoms with Crippen LogP contribution in [0.25, 0.3) is 0 Å². The van der Waals surface area contributed by atoms with Gasteiger partial charge in [-0.1, -0.05) is 37.1 Å². The van der Waals surface area contributed by atoms with Gasteiger partial charge in [0, 0.05) is 11.5 Å². The lowest BCUT2D eigenvalue weighted by molar-refractivity contribution is 0.0704. The van der Waals surface area contributed by atoms with Crippen LogP contribution in [0.3, 0.4) is 0 Å². The average Bonchev–Trinajstić information content (AvgIpc) is 3.04. The lowest BCUT2D eigenvalue weighted by Crippen LogP contribution is -2.49. The van der Waals surface area contributed by atoms with Crippen LogP contribution >= 0.6 is 23.5 Å². The van der Waals surface area contributed by atoms with E-state index in [0.717, 1.165) is 23.7 Å². The van der Waals surface area contributed by atoms with Gasteiger partial charge in [-0.05, 0) is 66.9 Å². The van der Waals surface area contributed by atoms with E-state index in [0.29, 0.717) is 4.08 Å². The van der Waals surface area contributed by atoms with Crippen LogP contribution in [0.1, 0.15) is 55.6 Å². The van der Waals surface area contributed by atoms with Crippen LogP contribution < -0.4 is 0 Å². The highest BCUT2D eigenvalue weighted by Gasteiger charge is 2.56. The van der Waals surface area contributed by atoms with Crippen molar-refractivity contribution in [1.82, 2.24) is 0 Å². The number of thioether (sulfide) groups is 2. The second-order valence-electron chi connectivity index (χ2n) is 7.78. The molecule has 1 aromatic rings. The Hall–Kier alpha value is -0.0800. The van der Waals surface area contributed by atoms with Gasteiger partial charge in [-0.15, -0.1) is 23.5 Å². The van der Waals surface area contributed by atoms with Crippen molar-refractivity contribution in [1.29, 1.82) is 0 Å². The molecule has 1 spiro atoms. The molecular formula is C20H26S2. The van der Waals surface area contributed by atoms with Crippen LogP contribution in [0.5, 0.6) is 0 Å². The van der Waals surface area contributed by atoms with Gasteiger partial charge in [0.15, 0.2) is 0 Å². The van der Waals surface area contributed by atoms with E-state index in [-0.39, 0.29) is 0 Å². The zero-order valence-corrected chi connectivity index (χ0v) is 14.9. The van der Waals surface area contributed by atoms with E-state index in [1.165, 1.54) is 56.5 Å². The number of rotatable bonds is 0. The Morgan fingerprint density at radius 2 is 1.73 bits per heavy atom. The number of fused-ring (bicyclic) bond motifs is 6. The predicted octanol–water partition coefficient (Wildman–Crippen LogP) is 5.72. The Bertz CT molecular complexity index is 561. The highest BCUT2D eigenvalue weighted by Crippen LogP contribution is 2.66. The molecule has 0 N–H and O–H groups in total. The van der Waals surface area contributed by atoms with E-state index >= 15 is 0 Å². The van der Waals surface area contributed by atoms with E-state index in [4.69, 9.17) is 0 Å². The quantitative estimate of drug-likeness (QED) is 0.597. The van der Waals surface area contributed by atoms with Crippen molar-refractivity contribution in [3.63, 3.8) is 0 Å². The monoisotopic (exact) mass is 330 g/mol.